The molecule has 0 atom stereocenters. The van der Waals surface area contributed by atoms with E-state index >= 15 is 0 Å². The number of aromatic nitrogens is 1. The summed E-state index contributed by atoms with van der Waals surface area (Å²) in [6.45, 7) is 0. The highest BCUT2D eigenvalue weighted by molar-refractivity contribution is 6.35. The molecule has 5 heteroatoms. The number of nitrogens with two attached hydrogens (primary N) is 1. The average molecular weight is 274 g/mol. The SMILES string of the molecule is Cl.Nc1ccnc2c1C(=Cc1ccccc1)C(=O)N2. The summed E-state index contributed by atoms with van der Waals surface area (Å²) >= 11 is 0. The van der Waals surface area contributed by atoms with Crippen LogP contribution in [0.15, 0.2) is 42.6 Å². The zero-order chi connectivity index (χ0) is 12.5. The van der Waals surface area contributed by atoms with Crippen molar-refractivity contribution >= 4 is 41.5 Å². The van der Waals surface area contributed by atoms with Crippen molar-refractivity contribution in [3.05, 3.63) is 53.7 Å². The van der Waals surface area contributed by atoms with Crippen LogP contribution >= 0.6 is 12.4 Å². The quantitative estimate of drug-likeness (QED) is 0.785. The smallest absolute Gasteiger partial charge is 0.257 e. The Morgan fingerprint density at radius 2 is 1.89 bits per heavy atom. The Bertz CT molecular complexity index is 653. The number of rotatable bonds is 1. The van der Waals surface area contributed by atoms with Crippen molar-refractivity contribution < 1.29 is 4.79 Å². The second-order valence-corrected chi connectivity index (χ2v) is 4.05. The van der Waals surface area contributed by atoms with Crippen LogP contribution in [-0.4, -0.2) is 10.9 Å². The summed E-state index contributed by atoms with van der Waals surface area (Å²) in [5.74, 6) is 0.362. The monoisotopic (exact) mass is 273 g/mol. The van der Waals surface area contributed by atoms with Gasteiger partial charge in [-0.1, -0.05) is 30.3 Å². The highest BCUT2D eigenvalue weighted by Crippen LogP contribution is 2.35. The van der Waals surface area contributed by atoms with Crippen LogP contribution in [-0.2, 0) is 4.79 Å². The van der Waals surface area contributed by atoms with E-state index in [4.69, 9.17) is 5.73 Å². The van der Waals surface area contributed by atoms with E-state index in [1.165, 1.54) is 0 Å². The Balaban J connectivity index is 0.00000133. The van der Waals surface area contributed by atoms with Crippen LogP contribution in [0.4, 0.5) is 11.5 Å². The van der Waals surface area contributed by atoms with Gasteiger partial charge in [0.2, 0.25) is 0 Å². The third-order valence-corrected chi connectivity index (χ3v) is 2.84. The Morgan fingerprint density at radius 3 is 2.63 bits per heavy atom. The Kier molecular flexibility index (Phi) is 3.53. The van der Waals surface area contributed by atoms with Crippen LogP contribution in [0.2, 0.25) is 0 Å². The standard InChI is InChI=1S/C14H11N3O.ClH/c15-11-6-7-16-13-12(11)10(14(18)17-13)8-9-4-2-1-3-5-9;/h1-8H,(H3,15,16,17,18);1H. The minimum absolute atomic E-state index is 0. The zero-order valence-electron chi connectivity index (χ0n) is 9.96. The molecule has 3 rings (SSSR count). The molecule has 3 N–H and O–H groups in total. The number of halogens is 1. The lowest BCUT2D eigenvalue weighted by Gasteiger charge is -2.01. The molecular formula is C14H12ClN3O. The number of benzene rings is 1. The van der Waals surface area contributed by atoms with E-state index in [-0.39, 0.29) is 18.3 Å². The van der Waals surface area contributed by atoms with Gasteiger partial charge < -0.3 is 11.1 Å². The molecule has 0 bridgehead atoms. The molecule has 2 aromatic rings. The van der Waals surface area contributed by atoms with Gasteiger partial charge in [0.25, 0.3) is 5.91 Å². The lowest BCUT2D eigenvalue weighted by molar-refractivity contribution is -0.110. The molecule has 0 radical (unpaired) electrons. The molecule has 0 saturated carbocycles. The molecule has 1 aromatic carbocycles. The maximum absolute atomic E-state index is 11.9. The number of amides is 1. The minimum atomic E-state index is -0.167. The molecule has 1 aliphatic rings. The number of nitrogen functional groups attached to an aromatic ring is 1. The number of hydrogen-bond acceptors (Lipinski definition) is 3. The van der Waals surface area contributed by atoms with Crippen molar-refractivity contribution in [3.63, 3.8) is 0 Å². The molecule has 19 heavy (non-hydrogen) atoms. The Hall–Kier alpha value is -2.33. The fourth-order valence-corrected chi connectivity index (χ4v) is 2.00. The van der Waals surface area contributed by atoms with Gasteiger partial charge in [0, 0.05) is 11.9 Å². The lowest BCUT2D eigenvalue weighted by atomic mass is 10.0. The molecule has 1 amide bonds. The summed E-state index contributed by atoms with van der Waals surface area (Å²) in [5.41, 5.74) is 8.66. The van der Waals surface area contributed by atoms with Gasteiger partial charge in [0.05, 0.1) is 11.1 Å². The summed E-state index contributed by atoms with van der Waals surface area (Å²) < 4.78 is 0. The number of hydrogen-bond donors (Lipinski definition) is 2. The third kappa shape index (κ3) is 2.30. The first-order valence-electron chi connectivity index (χ1n) is 5.58. The second kappa shape index (κ2) is 5.12. The number of carbonyl (C=O) groups is 1. The molecule has 0 aliphatic carbocycles. The van der Waals surface area contributed by atoms with Gasteiger partial charge >= 0.3 is 0 Å². The van der Waals surface area contributed by atoms with E-state index in [1.807, 2.05) is 36.4 Å². The van der Waals surface area contributed by atoms with E-state index in [9.17, 15) is 4.79 Å². The minimum Gasteiger partial charge on any atom is -0.398 e. The van der Waals surface area contributed by atoms with Crippen molar-refractivity contribution in [1.29, 1.82) is 0 Å². The van der Waals surface area contributed by atoms with Crippen LogP contribution in [0, 0.1) is 0 Å². The van der Waals surface area contributed by atoms with Gasteiger partial charge in [-0.15, -0.1) is 12.4 Å². The first kappa shape index (κ1) is 13.1. The predicted octanol–water partition coefficient (Wildman–Crippen LogP) is 2.58. The van der Waals surface area contributed by atoms with Gasteiger partial charge in [-0.2, -0.15) is 0 Å². The van der Waals surface area contributed by atoms with Crippen LogP contribution < -0.4 is 11.1 Å². The van der Waals surface area contributed by atoms with Gasteiger partial charge in [0.1, 0.15) is 5.82 Å². The van der Waals surface area contributed by atoms with Gasteiger partial charge in [-0.3, -0.25) is 4.79 Å². The maximum atomic E-state index is 11.9. The molecule has 0 saturated heterocycles. The number of nitrogens with one attached hydrogen (secondary N) is 1. The van der Waals surface area contributed by atoms with E-state index in [0.29, 0.717) is 22.6 Å². The summed E-state index contributed by atoms with van der Waals surface area (Å²) in [6, 6.07) is 11.3. The molecule has 0 spiro atoms. The first-order chi connectivity index (χ1) is 8.75. The highest BCUT2D eigenvalue weighted by atomic mass is 35.5. The van der Waals surface area contributed by atoms with Crippen LogP contribution in [0.5, 0.6) is 0 Å². The average Bonchev–Trinajstić information content (AvgIpc) is 2.69. The third-order valence-electron chi connectivity index (χ3n) is 2.84. The summed E-state index contributed by atoms with van der Waals surface area (Å²) in [7, 11) is 0. The van der Waals surface area contributed by atoms with E-state index in [0.717, 1.165) is 5.56 Å². The van der Waals surface area contributed by atoms with E-state index in [2.05, 4.69) is 10.3 Å². The van der Waals surface area contributed by atoms with Gasteiger partial charge in [-0.25, -0.2) is 4.98 Å². The number of pyridine rings is 1. The molecule has 2 heterocycles. The second-order valence-electron chi connectivity index (χ2n) is 4.05. The van der Waals surface area contributed by atoms with E-state index in [1.54, 1.807) is 12.3 Å². The van der Waals surface area contributed by atoms with Crippen molar-refractivity contribution in [2.75, 3.05) is 11.1 Å². The number of nitrogens with zero attached hydrogens (tertiary/aromatic N) is 1. The number of fused-ring (bicyclic) bond motifs is 1. The maximum Gasteiger partial charge on any atom is 0.257 e. The molecule has 1 aromatic heterocycles. The molecule has 0 fully saturated rings. The molecule has 0 unspecified atom stereocenters. The normalized spacial score (nSPS) is 14.7. The fraction of sp³-hybridized carbons (Fsp3) is 0. The van der Waals surface area contributed by atoms with Crippen molar-refractivity contribution in [2.45, 2.75) is 0 Å². The Labute approximate surface area is 116 Å². The molecule has 1 aliphatic heterocycles. The largest absolute Gasteiger partial charge is 0.398 e. The van der Waals surface area contributed by atoms with Gasteiger partial charge in [-0.05, 0) is 17.7 Å². The topological polar surface area (TPSA) is 68.0 Å². The van der Waals surface area contributed by atoms with Crippen molar-refractivity contribution in [2.24, 2.45) is 0 Å². The van der Waals surface area contributed by atoms with Crippen LogP contribution in [0.25, 0.3) is 11.6 Å². The fourth-order valence-electron chi connectivity index (χ4n) is 2.00. The first-order valence-corrected chi connectivity index (χ1v) is 5.58. The Morgan fingerprint density at radius 1 is 1.16 bits per heavy atom. The van der Waals surface area contributed by atoms with Crippen molar-refractivity contribution in [1.82, 2.24) is 4.98 Å². The zero-order valence-corrected chi connectivity index (χ0v) is 10.8. The molecule has 96 valence electrons. The lowest BCUT2D eigenvalue weighted by Crippen LogP contribution is -2.04. The molecular weight excluding hydrogens is 262 g/mol. The van der Waals surface area contributed by atoms with E-state index < -0.39 is 0 Å². The molecule has 4 nitrogen and oxygen atoms in total. The van der Waals surface area contributed by atoms with Gasteiger partial charge in [0.15, 0.2) is 0 Å². The van der Waals surface area contributed by atoms with Crippen LogP contribution in [0.1, 0.15) is 11.1 Å². The summed E-state index contributed by atoms with van der Waals surface area (Å²) in [6.07, 6.45) is 3.40. The number of anilines is 2. The summed E-state index contributed by atoms with van der Waals surface area (Å²) in [5, 5.41) is 2.71. The van der Waals surface area contributed by atoms with Crippen molar-refractivity contribution in [3.8, 4) is 0 Å². The van der Waals surface area contributed by atoms with Crippen LogP contribution in [0.3, 0.4) is 0 Å². The highest BCUT2D eigenvalue weighted by Gasteiger charge is 2.27. The number of carbonyl (C=O) groups excluding carboxylic acids is 1. The predicted molar refractivity (Wildman–Crippen MR) is 78.8 cm³/mol. The summed E-state index contributed by atoms with van der Waals surface area (Å²) in [4.78, 5) is 16.0.